The van der Waals surface area contributed by atoms with Crippen molar-refractivity contribution in [2.24, 2.45) is 0 Å². The second-order valence-electron chi connectivity index (χ2n) is 5.09. The highest BCUT2D eigenvalue weighted by Gasteiger charge is 2.21. The Morgan fingerprint density at radius 2 is 2.14 bits per heavy atom. The van der Waals surface area contributed by atoms with Crippen LogP contribution in [0.2, 0.25) is 5.02 Å². The number of hydrogen-bond donors (Lipinski definition) is 0. The minimum atomic E-state index is 0.0763. The van der Waals surface area contributed by atoms with Gasteiger partial charge >= 0.3 is 0 Å². The van der Waals surface area contributed by atoms with Gasteiger partial charge in [0.05, 0.1) is 24.0 Å². The summed E-state index contributed by atoms with van der Waals surface area (Å²) < 4.78 is 6.91. The van der Waals surface area contributed by atoms with Crippen LogP contribution in [0.25, 0.3) is 0 Å². The number of carbonyl (C=O) groups excluding carboxylic acids is 1. The quantitative estimate of drug-likeness (QED) is 0.858. The fourth-order valence-corrected chi connectivity index (χ4v) is 2.60. The molecule has 0 radical (unpaired) electrons. The van der Waals surface area contributed by atoms with E-state index >= 15 is 0 Å². The Labute approximate surface area is 127 Å². The molecule has 6 nitrogen and oxygen atoms in total. The predicted octanol–water partition coefficient (Wildman–Crippen LogP) is 1.47. The van der Waals surface area contributed by atoms with Crippen LogP contribution in [0, 0.1) is 0 Å². The lowest BCUT2D eigenvalue weighted by atomic mass is 10.3. The molecule has 21 heavy (non-hydrogen) atoms. The lowest BCUT2D eigenvalue weighted by Crippen LogP contribution is -2.49. The molecule has 7 heteroatoms. The van der Waals surface area contributed by atoms with Crippen molar-refractivity contribution < 1.29 is 9.21 Å². The van der Waals surface area contributed by atoms with E-state index in [0.29, 0.717) is 5.02 Å². The zero-order valence-electron chi connectivity index (χ0n) is 11.6. The smallest absolute Gasteiger partial charge is 0.244 e. The Kier molecular flexibility index (Phi) is 4.26. The monoisotopic (exact) mass is 308 g/mol. The second kappa shape index (κ2) is 6.32. The summed E-state index contributed by atoms with van der Waals surface area (Å²) in [5.41, 5.74) is 0. The van der Waals surface area contributed by atoms with Crippen molar-refractivity contribution in [3.8, 4) is 0 Å². The van der Waals surface area contributed by atoms with Crippen molar-refractivity contribution in [1.29, 1.82) is 0 Å². The summed E-state index contributed by atoms with van der Waals surface area (Å²) in [5, 5.41) is 4.58. The number of hydrogen-bond acceptors (Lipinski definition) is 4. The summed E-state index contributed by atoms with van der Waals surface area (Å²) >= 11 is 5.79. The van der Waals surface area contributed by atoms with E-state index in [2.05, 4.69) is 10.00 Å². The van der Waals surface area contributed by atoms with Gasteiger partial charge in [0.15, 0.2) is 0 Å². The van der Waals surface area contributed by atoms with Gasteiger partial charge in [-0.15, -0.1) is 0 Å². The number of furan rings is 1. The van der Waals surface area contributed by atoms with Crippen molar-refractivity contribution in [1.82, 2.24) is 19.6 Å². The number of amides is 1. The predicted molar refractivity (Wildman–Crippen MR) is 77.8 cm³/mol. The number of rotatable bonds is 4. The van der Waals surface area contributed by atoms with E-state index in [1.165, 1.54) is 6.20 Å². The van der Waals surface area contributed by atoms with Crippen molar-refractivity contribution in [3.05, 3.63) is 41.6 Å². The highest BCUT2D eigenvalue weighted by atomic mass is 35.5. The van der Waals surface area contributed by atoms with Crippen LogP contribution in [0.4, 0.5) is 0 Å². The van der Waals surface area contributed by atoms with Gasteiger partial charge in [0.1, 0.15) is 12.3 Å². The topological polar surface area (TPSA) is 54.5 Å². The third-order valence-electron chi connectivity index (χ3n) is 3.58. The first-order valence-corrected chi connectivity index (χ1v) is 7.29. The summed E-state index contributed by atoms with van der Waals surface area (Å²) in [4.78, 5) is 16.3. The normalized spacial score (nSPS) is 16.3. The largest absolute Gasteiger partial charge is 0.468 e. The molecule has 112 valence electrons. The van der Waals surface area contributed by atoms with E-state index in [4.69, 9.17) is 16.0 Å². The van der Waals surface area contributed by atoms with Crippen LogP contribution in [0.15, 0.2) is 35.2 Å². The van der Waals surface area contributed by atoms with Crippen LogP contribution in [-0.2, 0) is 17.9 Å². The van der Waals surface area contributed by atoms with Crippen molar-refractivity contribution in [2.45, 2.75) is 13.1 Å². The number of aromatic nitrogens is 2. The first kappa shape index (κ1) is 14.2. The van der Waals surface area contributed by atoms with Gasteiger partial charge in [-0.3, -0.25) is 14.4 Å². The van der Waals surface area contributed by atoms with E-state index in [0.717, 1.165) is 38.5 Å². The molecule has 1 amide bonds. The second-order valence-corrected chi connectivity index (χ2v) is 5.53. The zero-order valence-corrected chi connectivity index (χ0v) is 12.4. The minimum Gasteiger partial charge on any atom is -0.468 e. The highest BCUT2D eigenvalue weighted by Crippen LogP contribution is 2.10. The Morgan fingerprint density at radius 1 is 1.33 bits per heavy atom. The average Bonchev–Trinajstić information content (AvgIpc) is 3.12. The molecular weight excluding hydrogens is 292 g/mol. The van der Waals surface area contributed by atoms with E-state index in [1.54, 1.807) is 17.1 Å². The maximum atomic E-state index is 12.2. The highest BCUT2D eigenvalue weighted by molar-refractivity contribution is 6.30. The zero-order chi connectivity index (χ0) is 14.7. The molecule has 2 aromatic heterocycles. The first-order chi connectivity index (χ1) is 10.2. The van der Waals surface area contributed by atoms with Gasteiger partial charge in [0.2, 0.25) is 5.91 Å². The Hall–Kier alpha value is -1.79. The van der Waals surface area contributed by atoms with Gasteiger partial charge in [-0.05, 0) is 12.1 Å². The molecule has 0 aliphatic carbocycles. The number of nitrogens with zero attached hydrogens (tertiary/aromatic N) is 4. The van der Waals surface area contributed by atoms with Gasteiger partial charge in [0, 0.05) is 32.4 Å². The lowest BCUT2D eigenvalue weighted by Gasteiger charge is -2.34. The van der Waals surface area contributed by atoms with E-state index < -0.39 is 0 Å². The summed E-state index contributed by atoms with van der Waals surface area (Å²) in [6, 6.07) is 3.86. The molecular formula is C14H17ClN4O2. The summed E-state index contributed by atoms with van der Waals surface area (Å²) in [6.45, 7) is 4.20. The molecule has 2 aromatic rings. The van der Waals surface area contributed by atoms with Crippen molar-refractivity contribution in [3.63, 3.8) is 0 Å². The molecule has 3 rings (SSSR count). The Bertz CT molecular complexity index is 588. The van der Waals surface area contributed by atoms with Crippen LogP contribution in [-0.4, -0.2) is 51.7 Å². The number of piperazine rings is 1. The fourth-order valence-electron chi connectivity index (χ4n) is 2.44. The van der Waals surface area contributed by atoms with E-state index in [-0.39, 0.29) is 12.5 Å². The van der Waals surface area contributed by atoms with E-state index in [1.807, 2.05) is 17.0 Å². The average molecular weight is 309 g/mol. The molecule has 1 fully saturated rings. The minimum absolute atomic E-state index is 0.0763. The molecule has 0 spiro atoms. The Morgan fingerprint density at radius 3 is 2.76 bits per heavy atom. The van der Waals surface area contributed by atoms with Crippen LogP contribution in [0.3, 0.4) is 0 Å². The van der Waals surface area contributed by atoms with Crippen LogP contribution >= 0.6 is 11.6 Å². The number of carbonyl (C=O) groups is 1. The molecule has 0 N–H and O–H groups in total. The maximum Gasteiger partial charge on any atom is 0.244 e. The van der Waals surface area contributed by atoms with Crippen molar-refractivity contribution >= 4 is 17.5 Å². The standard InChI is InChI=1S/C14H17ClN4O2/c15-12-8-16-19(9-12)11-14(20)18-5-3-17(4-6-18)10-13-2-1-7-21-13/h1-2,7-9H,3-6,10-11H2. The van der Waals surface area contributed by atoms with Gasteiger partial charge < -0.3 is 9.32 Å². The SMILES string of the molecule is O=C(Cn1cc(Cl)cn1)N1CCN(Cc2ccco2)CC1. The van der Waals surface area contributed by atoms with Gasteiger partial charge in [-0.25, -0.2) is 0 Å². The molecule has 1 aliphatic heterocycles. The van der Waals surface area contributed by atoms with E-state index in [9.17, 15) is 4.79 Å². The van der Waals surface area contributed by atoms with Crippen LogP contribution < -0.4 is 0 Å². The molecule has 0 atom stereocenters. The summed E-state index contributed by atoms with van der Waals surface area (Å²) in [6.07, 6.45) is 4.88. The summed E-state index contributed by atoms with van der Waals surface area (Å²) in [7, 11) is 0. The molecule has 1 aliphatic rings. The van der Waals surface area contributed by atoms with Crippen LogP contribution in [0.1, 0.15) is 5.76 Å². The lowest BCUT2D eigenvalue weighted by molar-refractivity contribution is -0.133. The van der Waals surface area contributed by atoms with Gasteiger partial charge in [-0.1, -0.05) is 11.6 Å². The third kappa shape index (κ3) is 3.65. The summed E-state index contributed by atoms with van der Waals surface area (Å²) in [5.74, 6) is 1.04. The van der Waals surface area contributed by atoms with Crippen LogP contribution in [0.5, 0.6) is 0 Å². The maximum absolute atomic E-state index is 12.2. The fraction of sp³-hybridized carbons (Fsp3) is 0.429. The van der Waals surface area contributed by atoms with Crippen molar-refractivity contribution in [2.75, 3.05) is 26.2 Å². The molecule has 0 bridgehead atoms. The molecule has 0 unspecified atom stereocenters. The first-order valence-electron chi connectivity index (χ1n) is 6.91. The van der Waals surface area contributed by atoms with Gasteiger partial charge in [-0.2, -0.15) is 5.10 Å². The Balaban J connectivity index is 1.47. The third-order valence-corrected chi connectivity index (χ3v) is 3.78. The van der Waals surface area contributed by atoms with Gasteiger partial charge in [0.25, 0.3) is 0 Å². The number of halogens is 1. The molecule has 3 heterocycles. The molecule has 0 saturated carbocycles. The molecule has 1 saturated heterocycles. The molecule has 0 aromatic carbocycles.